The third-order valence-corrected chi connectivity index (χ3v) is 3.92. The van der Waals surface area contributed by atoms with E-state index in [9.17, 15) is 0 Å². The molecule has 4 aromatic rings. The van der Waals surface area contributed by atoms with Crippen LogP contribution in [0.4, 0.5) is 5.82 Å². The van der Waals surface area contributed by atoms with E-state index in [0.717, 1.165) is 28.3 Å². The summed E-state index contributed by atoms with van der Waals surface area (Å²) < 4.78 is 5.20. The Morgan fingerprint density at radius 2 is 1.73 bits per heavy atom. The molecule has 0 atom stereocenters. The summed E-state index contributed by atoms with van der Waals surface area (Å²) in [6.45, 7) is 0. The topological polar surface area (TPSA) is 103 Å². The number of H-pyrrole nitrogens is 1. The van der Waals surface area contributed by atoms with Crippen LogP contribution in [-0.2, 0) is 0 Å². The zero-order valence-electron chi connectivity index (χ0n) is 14.0. The summed E-state index contributed by atoms with van der Waals surface area (Å²) in [5, 5.41) is 0. The second-order valence-corrected chi connectivity index (χ2v) is 5.56. The molecule has 1 aromatic carbocycles. The molecule has 0 bridgehead atoms. The lowest BCUT2D eigenvalue weighted by atomic mass is 10.1. The highest BCUT2D eigenvalue weighted by atomic mass is 16.5. The maximum Gasteiger partial charge on any atom is 0.257 e. The van der Waals surface area contributed by atoms with Crippen LogP contribution < -0.4 is 10.5 Å². The van der Waals surface area contributed by atoms with Crippen LogP contribution >= 0.6 is 0 Å². The van der Waals surface area contributed by atoms with Crippen molar-refractivity contribution in [2.24, 2.45) is 0 Å². The maximum absolute atomic E-state index is 5.79. The number of nitrogens with zero attached hydrogens (tertiary/aromatic N) is 4. The molecule has 0 spiro atoms. The van der Waals surface area contributed by atoms with Gasteiger partial charge in [0.05, 0.1) is 24.7 Å². The van der Waals surface area contributed by atoms with Crippen LogP contribution in [0, 0.1) is 0 Å². The van der Waals surface area contributed by atoms with E-state index in [1.54, 1.807) is 18.6 Å². The average Bonchev–Trinajstić information content (AvgIpc) is 3.15. The number of nitrogens with one attached hydrogen (secondary N) is 1. The number of hydrogen-bond acceptors (Lipinski definition) is 6. The standard InChI is InChI=1S/C19H16N6O/c1-26-19-17(20)22-11-14(23-19)16-15(12-7-9-21-10-8-12)24-18(25-16)13-5-3-2-4-6-13/h2-11H,1H3,(H2,20,22)(H,24,25). The summed E-state index contributed by atoms with van der Waals surface area (Å²) in [5.74, 6) is 1.26. The number of benzene rings is 1. The van der Waals surface area contributed by atoms with Crippen molar-refractivity contribution in [3.63, 3.8) is 0 Å². The summed E-state index contributed by atoms with van der Waals surface area (Å²) in [6.07, 6.45) is 5.06. The van der Waals surface area contributed by atoms with Gasteiger partial charge in [0.15, 0.2) is 5.82 Å². The van der Waals surface area contributed by atoms with E-state index < -0.39 is 0 Å². The molecular formula is C19H16N6O. The third-order valence-electron chi connectivity index (χ3n) is 3.92. The van der Waals surface area contributed by atoms with E-state index in [1.165, 1.54) is 7.11 Å². The Bertz CT molecular complexity index is 1030. The van der Waals surface area contributed by atoms with Gasteiger partial charge in [-0.1, -0.05) is 30.3 Å². The molecule has 0 saturated carbocycles. The smallest absolute Gasteiger partial charge is 0.257 e. The lowest BCUT2D eigenvalue weighted by molar-refractivity contribution is 0.399. The van der Waals surface area contributed by atoms with Gasteiger partial charge in [0.1, 0.15) is 11.5 Å². The maximum atomic E-state index is 5.79. The monoisotopic (exact) mass is 344 g/mol. The molecule has 7 heteroatoms. The van der Waals surface area contributed by atoms with Gasteiger partial charge < -0.3 is 15.5 Å². The van der Waals surface area contributed by atoms with E-state index in [0.29, 0.717) is 5.69 Å². The van der Waals surface area contributed by atoms with Crippen LogP contribution in [0.2, 0.25) is 0 Å². The Morgan fingerprint density at radius 1 is 0.962 bits per heavy atom. The molecule has 128 valence electrons. The van der Waals surface area contributed by atoms with E-state index >= 15 is 0 Å². The van der Waals surface area contributed by atoms with E-state index in [-0.39, 0.29) is 11.7 Å². The Labute approximate surface area is 150 Å². The Balaban J connectivity index is 1.91. The Kier molecular flexibility index (Phi) is 4.03. The van der Waals surface area contributed by atoms with Gasteiger partial charge in [-0.2, -0.15) is 0 Å². The van der Waals surface area contributed by atoms with Crippen molar-refractivity contribution in [1.82, 2.24) is 24.9 Å². The van der Waals surface area contributed by atoms with Gasteiger partial charge in [-0.3, -0.25) is 4.98 Å². The Morgan fingerprint density at radius 3 is 2.46 bits per heavy atom. The molecule has 3 aromatic heterocycles. The van der Waals surface area contributed by atoms with Crippen LogP contribution in [0.25, 0.3) is 34.0 Å². The van der Waals surface area contributed by atoms with Gasteiger partial charge in [0.2, 0.25) is 0 Å². The number of imidazole rings is 1. The number of hydrogen-bond donors (Lipinski definition) is 2. The number of aromatic nitrogens is 5. The molecule has 0 radical (unpaired) electrons. The predicted octanol–water partition coefficient (Wildman–Crippen LogP) is 3.19. The fraction of sp³-hybridized carbons (Fsp3) is 0.0526. The highest BCUT2D eigenvalue weighted by Crippen LogP contribution is 2.32. The zero-order valence-corrected chi connectivity index (χ0v) is 14.0. The SMILES string of the molecule is COc1nc(-c2[nH]c(-c3ccccc3)nc2-c2ccncc2)cnc1N. The molecule has 3 N–H and O–H groups in total. The van der Waals surface area contributed by atoms with Crippen LogP contribution in [0.1, 0.15) is 0 Å². The molecule has 0 aliphatic rings. The number of ether oxygens (including phenoxy) is 1. The first-order valence-corrected chi connectivity index (χ1v) is 7.99. The number of pyridine rings is 1. The van der Waals surface area contributed by atoms with Crippen molar-refractivity contribution < 1.29 is 4.74 Å². The normalized spacial score (nSPS) is 10.7. The molecule has 3 heterocycles. The first kappa shape index (κ1) is 15.8. The van der Waals surface area contributed by atoms with Crippen molar-refractivity contribution in [1.29, 1.82) is 0 Å². The number of aromatic amines is 1. The van der Waals surface area contributed by atoms with Crippen LogP contribution in [-0.4, -0.2) is 32.0 Å². The van der Waals surface area contributed by atoms with Gasteiger partial charge in [-0.15, -0.1) is 0 Å². The molecule has 0 aliphatic heterocycles. The first-order valence-electron chi connectivity index (χ1n) is 7.99. The fourth-order valence-corrected chi connectivity index (χ4v) is 2.66. The summed E-state index contributed by atoms with van der Waals surface area (Å²) in [4.78, 5) is 20.8. The number of nitrogen functional groups attached to an aromatic ring is 1. The minimum atomic E-state index is 0.240. The average molecular weight is 344 g/mol. The van der Waals surface area contributed by atoms with Gasteiger partial charge in [0.25, 0.3) is 5.88 Å². The van der Waals surface area contributed by atoms with Crippen LogP contribution in [0.15, 0.2) is 61.1 Å². The molecule has 0 unspecified atom stereocenters. The minimum Gasteiger partial charge on any atom is -0.478 e. The quantitative estimate of drug-likeness (QED) is 0.589. The molecule has 0 aliphatic carbocycles. The van der Waals surface area contributed by atoms with E-state index in [1.807, 2.05) is 42.5 Å². The molecule has 7 nitrogen and oxygen atoms in total. The number of methoxy groups -OCH3 is 1. The third kappa shape index (κ3) is 2.86. The highest BCUT2D eigenvalue weighted by Gasteiger charge is 2.18. The molecule has 4 rings (SSSR count). The minimum absolute atomic E-state index is 0.240. The largest absolute Gasteiger partial charge is 0.478 e. The van der Waals surface area contributed by atoms with Crippen molar-refractivity contribution in [3.05, 3.63) is 61.1 Å². The second kappa shape index (κ2) is 6.64. The number of rotatable bonds is 4. The Hall–Kier alpha value is -3.74. The second-order valence-electron chi connectivity index (χ2n) is 5.56. The van der Waals surface area contributed by atoms with Crippen LogP contribution in [0.3, 0.4) is 0 Å². The molecule has 26 heavy (non-hydrogen) atoms. The molecule has 0 amide bonds. The van der Waals surface area contributed by atoms with Crippen molar-refractivity contribution in [2.75, 3.05) is 12.8 Å². The summed E-state index contributed by atoms with van der Waals surface area (Å²) in [5.41, 5.74) is 9.78. The lowest BCUT2D eigenvalue weighted by Crippen LogP contribution is -2.00. The van der Waals surface area contributed by atoms with Crippen molar-refractivity contribution >= 4 is 5.82 Å². The van der Waals surface area contributed by atoms with E-state index in [4.69, 9.17) is 15.5 Å². The summed E-state index contributed by atoms with van der Waals surface area (Å²) in [7, 11) is 1.51. The summed E-state index contributed by atoms with van der Waals surface area (Å²) >= 11 is 0. The van der Waals surface area contributed by atoms with E-state index in [2.05, 4.69) is 19.9 Å². The van der Waals surface area contributed by atoms with Crippen molar-refractivity contribution in [3.8, 4) is 39.9 Å². The van der Waals surface area contributed by atoms with Crippen molar-refractivity contribution in [2.45, 2.75) is 0 Å². The highest BCUT2D eigenvalue weighted by molar-refractivity contribution is 5.79. The van der Waals surface area contributed by atoms with Gasteiger partial charge in [-0.25, -0.2) is 15.0 Å². The molecule has 0 fully saturated rings. The predicted molar refractivity (Wildman–Crippen MR) is 99.2 cm³/mol. The van der Waals surface area contributed by atoms with Gasteiger partial charge in [-0.05, 0) is 12.1 Å². The van der Waals surface area contributed by atoms with Crippen LogP contribution in [0.5, 0.6) is 5.88 Å². The first-order chi connectivity index (χ1) is 12.8. The number of anilines is 1. The molecule has 0 saturated heterocycles. The summed E-state index contributed by atoms with van der Waals surface area (Å²) in [6, 6.07) is 13.7. The molecular weight excluding hydrogens is 328 g/mol. The fourth-order valence-electron chi connectivity index (χ4n) is 2.66. The number of nitrogens with two attached hydrogens (primary N) is 1. The van der Waals surface area contributed by atoms with Gasteiger partial charge in [0, 0.05) is 23.5 Å². The van der Waals surface area contributed by atoms with Gasteiger partial charge >= 0.3 is 0 Å². The lowest BCUT2D eigenvalue weighted by Gasteiger charge is -2.06. The zero-order chi connectivity index (χ0) is 17.9.